The highest BCUT2D eigenvalue weighted by Gasteiger charge is 2.20. The minimum absolute atomic E-state index is 0.399. The zero-order valence-corrected chi connectivity index (χ0v) is 16.8. The van der Waals surface area contributed by atoms with Crippen LogP contribution < -0.4 is 0 Å². The molecule has 0 saturated carbocycles. The van der Waals surface area contributed by atoms with Gasteiger partial charge in [-0.15, -0.1) is 11.3 Å². The minimum atomic E-state index is 0.399. The Balaban J connectivity index is 1.37. The van der Waals surface area contributed by atoms with Gasteiger partial charge in [0, 0.05) is 30.9 Å². The molecule has 4 heteroatoms. The topological polar surface area (TPSA) is 29.0 Å². The number of pyridine rings is 1. The van der Waals surface area contributed by atoms with Gasteiger partial charge in [-0.05, 0) is 66.8 Å². The number of thiazole rings is 1. The van der Waals surface area contributed by atoms with E-state index in [-0.39, 0.29) is 0 Å². The van der Waals surface area contributed by atoms with Crippen LogP contribution in [0.25, 0.3) is 21.5 Å². The van der Waals surface area contributed by atoms with Crippen molar-refractivity contribution in [2.45, 2.75) is 25.8 Å². The molecule has 2 aromatic carbocycles. The fraction of sp³-hybridized carbons (Fsp3) is 0.250. The molecule has 0 radical (unpaired) electrons. The molecule has 0 fully saturated rings. The third-order valence-corrected chi connectivity index (χ3v) is 6.70. The first-order valence-corrected chi connectivity index (χ1v) is 10.8. The molecule has 1 unspecified atom stereocenters. The van der Waals surface area contributed by atoms with Crippen LogP contribution in [0.15, 0.2) is 66.3 Å². The summed E-state index contributed by atoms with van der Waals surface area (Å²) in [7, 11) is 0. The van der Waals surface area contributed by atoms with Crippen molar-refractivity contribution in [1.29, 1.82) is 0 Å². The molecule has 0 saturated heterocycles. The average molecular weight is 386 g/mol. The van der Waals surface area contributed by atoms with Crippen LogP contribution >= 0.6 is 11.3 Å². The van der Waals surface area contributed by atoms with Crippen molar-refractivity contribution in [2.75, 3.05) is 13.1 Å². The molecule has 1 aliphatic rings. The number of hydrogen-bond acceptors (Lipinski definition) is 4. The quantitative estimate of drug-likeness (QED) is 0.465. The standard InChI is InChI=1S/C24H23N3S/c1-17(19-7-8-24-23(15-19)26-16-28-24)27-12-9-18-5-6-21(14-20(18)10-13-27)22-4-2-3-11-25-22/h2-8,11,14-17H,9-10,12-13H2,1H3. The van der Waals surface area contributed by atoms with Crippen molar-refractivity contribution in [3.63, 3.8) is 0 Å². The Hall–Kier alpha value is -2.56. The van der Waals surface area contributed by atoms with Gasteiger partial charge in [0.1, 0.15) is 0 Å². The Morgan fingerprint density at radius 1 is 0.929 bits per heavy atom. The third-order valence-electron chi connectivity index (χ3n) is 5.89. The maximum atomic E-state index is 4.51. The molecule has 140 valence electrons. The maximum absolute atomic E-state index is 4.51. The number of nitrogens with zero attached hydrogens (tertiary/aromatic N) is 3. The van der Waals surface area contributed by atoms with Gasteiger partial charge in [-0.3, -0.25) is 9.88 Å². The number of benzene rings is 2. The lowest BCUT2D eigenvalue weighted by molar-refractivity contribution is 0.221. The van der Waals surface area contributed by atoms with Gasteiger partial charge in [-0.25, -0.2) is 4.98 Å². The Labute approximate surface area is 169 Å². The van der Waals surface area contributed by atoms with E-state index in [1.807, 2.05) is 17.8 Å². The third kappa shape index (κ3) is 3.34. The van der Waals surface area contributed by atoms with E-state index < -0.39 is 0 Å². The van der Waals surface area contributed by atoms with Gasteiger partial charge in [-0.2, -0.15) is 0 Å². The highest BCUT2D eigenvalue weighted by molar-refractivity contribution is 7.16. The Morgan fingerprint density at radius 3 is 2.68 bits per heavy atom. The molecule has 1 atom stereocenters. The summed E-state index contributed by atoms with van der Waals surface area (Å²) in [6.07, 6.45) is 4.05. The van der Waals surface area contributed by atoms with Crippen LogP contribution in [0.2, 0.25) is 0 Å². The van der Waals surface area contributed by atoms with Gasteiger partial charge in [0.25, 0.3) is 0 Å². The summed E-state index contributed by atoms with van der Waals surface area (Å²) in [4.78, 5) is 11.6. The largest absolute Gasteiger partial charge is 0.296 e. The summed E-state index contributed by atoms with van der Waals surface area (Å²) in [6, 6.07) is 20.1. The molecule has 2 aromatic heterocycles. The predicted molar refractivity (Wildman–Crippen MR) is 117 cm³/mol. The highest BCUT2D eigenvalue weighted by Crippen LogP contribution is 2.29. The SMILES string of the molecule is CC(c1ccc2scnc2c1)N1CCc2ccc(-c3ccccn3)cc2CC1. The van der Waals surface area contributed by atoms with Crippen molar-refractivity contribution in [1.82, 2.24) is 14.9 Å². The average Bonchev–Trinajstić information content (AvgIpc) is 3.12. The first kappa shape index (κ1) is 17.5. The van der Waals surface area contributed by atoms with E-state index in [2.05, 4.69) is 70.3 Å². The van der Waals surface area contributed by atoms with Gasteiger partial charge in [0.15, 0.2) is 0 Å². The van der Waals surface area contributed by atoms with Crippen LogP contribution in [0.5, 0.6) is 0 Å². The number of fused-ring (bicyclic) bond motifs is 2. The van der Waals surface area contributed by atoms with Crippen LogP contribution in [0.3, 0.4) is 0 Å². The lowest BCUT2D eigenvalue weighted by Gasteiger charge is -2.28. The summed E-state index contributed by atoms with van der Waals surface area (Å²) in [5.74, 6) is 0. The molecular formula is C24H23N3S. The minimum Gasteiger partial charge on any atom is -0.296 e. The van der Waals surface area contributed by atoms with Crippen molar-refractivity contribution in [3.05, 3.63) is 83.0 Å². The molecule has 0 spiro atoms. The second-order valence-electron chi connectivity index (χ2n) is 7.49. The maximum Gasteiger partial charge on any atom is 0.0815 e. The molecule has 5 rings (SSSR count). The normalized spacial score (nSPS) is 15.9. The predicted octanol–water partition coefficient (Wildman–Crippen LogP) is 5.52. The van der Waals surface area contributed by atoms with E-state index in [1.165, 1.54) is 27.0 Å². The van der Waals surface area contributed by atoms with Crippen molar-refractivity contribution in [2.24, 2.45) is 0 Å². The molecule has 0 bridgehead atoms. The van der Waals surface area contributed by atoms with E-state index >= 15 is 0 Å². The fourth-order valence-electron chi connectivity index (χ4n) is 4.17. The van der Waals surface area contributed by atoms with Gasteiger partial charge in [-0.1, -0.05) is 24.3 Å². The summed E-state index contributed by atoms with van der Waals surface area (Å²) in [5, 5.41) is 0. The van der Waals surface area contributed by atoms with Crippen molar-refractivity contribution in [3.8, 4) is 11.3 Å². The van der Waals surface area contributed by atoms with E-state index in [9.17, 15) is 0 Å². The van der Waals surface area contributed by atoms with E-state index in [0.717, 1.165) is 37.1 Å². The Kier molecular flexibility index (Phi) is 4.67. The van der Waals surface area contributed by atoms with E-state index in [4.69, 9.17) is 0 Å². The molecule has 3 heterocycles. The van der Waals surface area contributed by atoms with Crippen molar-refractivity contribution >= 4 is 21.6 Å². The van der Waals surface area contributed by atoms with Crippen LogP contribution in [0, 0.1) is 0 Å². The Morgan fingerprint density at radius 2 is 1.82 bits per heavy atom. The molecular weight excluding hydrogens is 362 g/mol. The van der Waals surface area contributed by atoms with Gasteiger partial charge in [0.05, 0.1) is 21.4 Å². The molecule has 0 N–H and O–H groups in total. The molecule has 1 aliphatic heterocycles. The van der Waals surface area contributed by atoms with Gasteiger partial charge < -0.3 is 0 Å². The summed E-state index contributed by atoms with van der Waals surface area (Å²) in [6.45, 7) is 4.49. The van der Waals surface area contributed by atoms with Crippen molar-refractivity contribution < 1.29 is 0 Å². The summed E-state index contributed by atoms with van der Waals surface area (Å²) < 4.78 is 1.27. The van der Waals surface area contributed by atoms with Crippen LogP contribution in [0.4, 0.5) is 0 Å². The monoisotopic (exact) mass is 385 g/mol. The lowest BCUT2D eigenvalue weighted by Crippen LogP contribution is -2.29. The van der Waals surface area contributed by atoms with E-state index in [1.54, 1.807) is 11.3 Å². The number of rotatable bonds is 3. The first-order valence-electron chi connectivity index (χ1n) is 9.88. The summed E-state index contributed by atoms with van der Waals surface area (Å²) >= 11 is 1.71. The van der Waals surface area contributed by atoms with Crippen LogP contribution in [0.1, 0.15) is 29.7 Å². The highest BCUT2D eigenvalue weighted by atomic mass is 32.1. The smallest absolute Gasteiger partial charge is 0.0815 e. The number of hydrogen-bond donors (Lipinski definition) is 0. The summed E-state index contributed by atoms with van der Waals surface area (Å²) in [5.41, 5.74) is 9.62. The molecule has 4 aromatic rings. The Bertz CT molecular complexity index is 1100. The molecule has 3 nitrogen and oxygen atoms in total. The van der Waals surface area contributed by atoms with E-state index in [0.29, 0.717) is 6.04 Å². The molecule has 0 aliphatic carbocycles. The zero-order valence-electron chi connectivity index (χ0n) is 16.0. The molecule has 28 heavy (non-hydrogen) atoms. The van der Waals surface area contributed by atoms with Crippen LogP contribution in [-0.2, 0) is 12.8 Å². The second-order valence-corrected chi connectivity index (χ2v) is 8.38. The lowest BCUT2D eigenvalue weighted by atomic mass is 9.98. The first-order chi connectivity index (χ1) is 13.8. The second kappa shape index (κ2) is 7.46. The number of aromatic nitrogens is 2. The fourth-order valence-corrected chi connectivity index (χ4v) is 4.83. The van der Waals surface area contributed by atoms with Gasteiger partial charge in [0.2, 0.25) is 0 Å². The molecule has 0 amide bonds. The van der Waals surface area contributed by atoms with Crippen LogP contribution in [-0.4, -0.2) is 28.0 Å². The van der Waals surface area contributed by atoms with Gasteiger partial charge >= 0.3 is 0 Å². The zero-order chi connectivity index (χ0) is 18.9.